The zero-order valence-electron chi connectivity index (χ0n) is 14.8. The minimum Gasteiger partial charge on any atom is -0.478 e. The standard InChI is InChI=1S/C19H17N5O3/c1-23(11-13-10-15(22-27-13)14-5-3-4-8-20-14)19-21-16-9-12(18(25)26)6-7-17(16)24(19)2/h3-10H,11H2,1-2H3,(H,25,26). The summed E-state index contributed by atoms with van der Waals surface area (Å²) >= 11 is 0. The molecule has 8 heteroatoms. The molecule has 0 saturated heterocycles. The average Bonchev–Trinajstić information content (AvgIpc) is 3.27. The number of hydrogen-bond donors (Lipinski definition) is 1. The summed E-state index contributed by atoms with van der Waals surface area (Å²) < 4.78 is 7.34. The number of hydrogen-bond acceptors (Lipinski definition) is 6. The first-order chi connectivity index (χ1) is 13.0. The Labute approximate surface area is 154 Å². The maximum atomic E-state index is 11.2. The number of pyridine rings is 1. The van der Waals surface area contributed by atoms with Crippen LogP contribution in [0.15, 0.2) is 53.2 Å². The lowest BCUT2D eigenvalue weighted by molar-refractivity contribution is 0.0697. The van der Waals surface area contributed by atoms with Crippen LogP contribution in [-0.4, -0.2) is 37.8 Å². The van der Waals surface area contributed by atoms with Crippen LogP contribution in [0.2, 0.25) is 0 Å². The number of benzene rings is 1. The molecule has 1 N–H and O–H groups in total. The summed E-state index contributed by atoms with van der Waals surface area (Å²) in [6.07, 6.45) is 1.71. The van der Waals surface area contributed by atoms with Crippen LogP contribution in [0, 0.1) is 0 Å². The number of anilines is 1. The Morgan fingerprint density at radius 2 is 2.07 bits per heavy atom. The van der Waals surface area contributed by atoms with Gasteiger partial charge >= 0.3 is 5.97 Å². The van der Waals surface area contributed by atoms with Crippen molar-refractivity contribution in [3.05, 3.63) is 60.0 Å². The molecule has 8 nitrogen and oxygen atoms in total. The number of fused-ring (bicyclic) bond motifs is 1. The normalized spacial score (nSPS) is 11.0. The van der Waals surface area contributed by atoms with E-state index in [9.17, 15) is 4.79 Å². The molecule has 27 heavy (non-hydrogen) atoms. The summed E-state index contributed by atoms with van der Waals surface area (Å²) in [5, 5.41) is 13.2. The predicted octanol–water partition coefficient (Wildman–Crippen LogP) is 2.96. The maximum absolute atomic E-state index is 11.2. The molecule has 0 saturated carbocycles. The molecule has 1 aromatic carbocycles. The van der Waals surface area contributed by atoms with E-state index >= 15 is 0 Å². The van der Waals surface area contributed by atoms with Crippen LogP contribution < -0.4 is 4.90 Å². The highest BCUT2D eigenvalue weighted by molar-refractivity contribution is 5.93. The third-order valence-corrected chi connectivity index (χ3v) is 4.32. The van der Waals surface area contributed by atoms with Gasteiger partial charge in [-0.15, -0.1) is 0 Å². The minimum atomic E-state index is -0.971. The average molecular weight is 363 g/mol. The van der Waals surface area contributed by atoms with E-state index < -0.39 is 5.97 Å². The molecule has 0 aliphatic carbocycles. The highest BCUT2D eigenvalue weighted by Crippen LogP contribution is 2.24. The van der Waals surface area contributed by atoms with E-state index in [2.05, 4.69) is 15.1 Å². The molecule has 0 amide bonds. The van der Waals surface area contributed by atoms with E-state index in [-0.39, 0.29) is 5.56 Å². The summed E-state index contributed by atoms with van der Waals surface area (Å²) in [4.78, 5) is 21.9. The second-order valence-corrected chi connectivity index (χ2v) is 6.23. The third-order valence-electron chi connectivity index (χ3n) is 4.32. The van der Waals surface area contributed by atoms with Crippen LogP contribution in [0.1, 0.15) is 16.1 Å². The highest BCUT2D eigenvalue weighted by atomic mass is 16.5. The molecular weight excluding hydrogens is 346 g/mol. The lowest BCUT2D eigenvalue weighted by atomic mass is 10.2. The summed E-state index contributed by atoms with van der Waals surface area (Å²) in [6, 6.07) is 12.4. The van der Waals surface area contributed by atoms with E-state index in [1.807, 2.05) is 47.8 Å². The molecule has 4 rings (SSSR count). The Hall–Kier alpha value is -3.68. The SMILES string of the molecule is CN(Cc1cc(-c2ccccn2)no1)c1nc2cc(C(=O)O)ccc2n1C. The van der Waals surface area contributed by atoms with E-state index in [0.717, 1.165) is 11.2 Å². The molecule has 0 fully saturated rings. The van der Waals surface area contributed by atoms with Gasteiger partial charge in [0.15, 0.2) is 5.76 Å². The minimum absolute atomic E-state index is 0.213. The fourth-order valence-corrected chi connectivity index (χ4v) is 2.99. The topological polar surface area (TPSA) is 97.3 Å². The molecule has 136 valence electrons. The van der Waals surface area contributed by atoms with Crippen molar-refractivity contribution >= 4 is 23.0 Å². The first kappa shape index (κ1) is 16.8. The van der Waals surface area contributed by atoms with Gasteiger partial charge < -0.3 is 19.1 Å². The second kappa shape index (κ2) is 6.56. The first-order valence-corrected chi connectivity index (χ1v) is 8.31. The van der Waals surface area contributed by atoms with E-state index in [1.165, 1.54) is 0 Å². The Balaban J connectivity index is 1.60. The molecule has 0 spiro atoms. The van der Waals surface area contributed by atoms with Crippen LogP contribution in [0.5, 0.6) is 0 Å². The van der Waals surface area contributed by atoms with Gasteiger partial charge in [-0.25, -0.2) is 9.78 Å². The quantitative estimate of drug-likeness (QED) is 0.582. The van der Waals surface area contributed by atoms with Crippen molar-refractivity contribution in [3.8, 4) is 11.4 Å². The van der Waals surface area contributed by atoms with E-state index in [1.54, 1.807) is 24.4 Å². The summed E-state index contributed by atoms with van der Waals surface area (Å²) in [5.41, 5.74) is 3.12. The summed E-state index contributed by atoms with van der Waals surface area (Å²) in [5.74, 6) is 0.404. The van der Waals surface area contributed by atoms with Gasteiger partial charge in [-0.3, -0.25) is 4.98 Å². The molecule has 3 heterocycles. The third kappa shape index (κ3) is 3.12. The lowest BCUT2D eigenvalue weighted by Gasteiger charge is -2.16. The van der Waals surface area contributed by atoms with Gasteiger partial charge in [0.1, 0.15) is 5.69 Å². The summed E-state index contributed by atoms with van der Waals surface area (Å²) in [7, 11) is 3.78. The van der Waals surface area contributed by atoms with Crippen molar-refractivity contribution in [3.63, 3.8) is 0 Å². The van der Waals surface area contributed by atoms with Crippen LogP contribution in [0.4, 0.5) is 5.95 Å². The van der Waals surface area contributed by atoms with Crippen molar-refractivity contribution in [1.82, 2.24) is 19.7 Å². The van der Waals surface area contributed by atoms with Gasteiger partial charge in [0.25, 0.3) is 0 Å². The summed E-state index contributed by atoms with van der Waals surface area (Å²) in [6.45, 7) is 0.461. The molecule has 3 aromatic heterocycles. The maximum Gasteiger partial charge on any atom is 0.335 e. The van der Waals surface area contributed by atoms with Crippen molar-refractivity contribution in [1.29, 1.82) is 0 Å². The zero-order chi connectivity index (χ0) is 19.0. The molecule has 0 aliphatic heterocycles. The van der Waals surface area contributed by atoms with Crippen molar-refractivity contribution in [2.75, 3.05) is 11.9 Å². The Morgan fingerprint density at radius 3 is 2.81 bits per heavy atom. The molecule has 0 radical (unpaired) electrons. The lowest BCUT2D eigenvalue weighted by Crippen LogP contribution is -2.19. The first-order valence-electron chi connectivity index (χ1n) is 8.31. The van der Waals surface area contributed by atoms with Crippen molar-refractivity contribution in [2.24, 2.45) is 7.05 Å². The molecule has 0 bridgehead atoms. The number of aryl methyl sites for hydroxylation is 1. The number of rotatable bonds is 5. The number of carboxylic acid groups (broad SMARTS) is 1. The second-order valence-electron chi connectivity index (χ2n) is 6.23. The molecule has 4 aromatic rings. The predicted molar refractivity (Wildman–Crippen MR) is 99.5 cm³/mol. The fourth-order valence-electron chi connectivity index (χ4n) is 2.99. The van der Waals surface area contributed by atoms with Crippen molar-refractivity contribution in [2.45, 2.75) is 6.54 Å². The van der Waals surface area contributed by atoms with Gasteiger partial charge in [0, 0.05) is 26.4 Å². The van der Waals surface area contributed by atoms with Crippen LogP contribution >= 0.6 is 0 Å². The molecular formula is C19H17N5O3. The largest absolute Gasteiger partial charge is 0.478 e. The number of aromatic carboxylic acids is 1. The molecule has 0 atom stereocenters. The Kier molecular flexibility index (Phi) is 4.08. The van der Waals surface area contributed by atoms with Gasteiger partial charge in [-0.1, -0.05) is 11.2 Å². The van der Waals surface area contributed by atoms with Crippen molar-refractivity contribution < 1.29 is 14.4 Å². The van der Waals surface area contributed by atoms with Gasteiger partial charge in [0.2, 0.25) is 5.95 Å². The van der Waals surface area contributed by atoms with Gasteiger partial charge in [-0.2, -0.15) is 0 Å². The smallest absolute Gasteiger partial charge is 0.335 e. The zero-order valence-corrected chi connectivity index (χ0v) is 14.8. The van der Waals surface area contributed by atoms with E-state index in [4.69, 9.17) is 9.63 Å². The van der Waals surface area contributed by atoms with Crippen LogP contribution in [-0.2, 0) is 13.6 Å². The number of carboxylic acids is 1. The number of imidazole rings is 1. The number of carbonyl (C=O) groups is 1. The number of aromatic nitrogens is 4. The van der Waals surface area contributed by atoms with Gasteiger partial charge in [-0.05, 0) is 30.3 Å². The van der Waals surface area contributed by atoms with E-state index in [0.29, 0.717) is 29.5 Å². The van der Waals surface area contributed by atoms with Crippen LogP contribution in [0.25, 0.3) is 22.4 Å². The fraction of sp³-hybridized carbons (Fsp3) is 0.158. The Bertz CT molecular complexity index is 1120. The van der Waals surface area contributed by atoms with Crippen LogP contribution in [0.3, 0.4) is 0 Å². The molecule has 0 aliphatic rings. The van der Waals surface area contributed by atoms with Gasteiger partial charge in [0.05, 0.1) is 28.8 Å². The Morgan fingerprint density at radius 1 is 1.22 bits per heavy atom. The highest BCUT2D eigenvalue weighted by Gasteiger charge is 2.16. The number of nitrogens with zero attached hydrogens (tertiary/aromatic N) is 5. The molecule has 0 unspecified atom stereocenters. The monoisotopic (exact) mass is 363 g/mol.